The fourth-order valence-electron chi connectivity index (χ4n) is 4.23. The molecule has 0 atom stereocenters. The lowest BCUT2D eigenvalue weighted by Crippen LogP contribution is -2.41. The predicted molar refractivity (Wildman–Crippen MR) is 165 cm³/mol. The van der Waals surface area contributed by atoms with E-state index in [1.165, 1.54) is 0 Å². The summed E-state index contributed by atoms with van der Waals surface area (Å²) in [6.45, 7) is 8.09. The monoisotopic (exact) mass is 644 g/mol. The molecule has 3 aromatic rings. The fourth-order valence-corrected chi connectivity index (χ4v) is 4.50. The number of hydrogen-bond donors (Lipinski definition) is 3. The number of benzene rings is 1. The highest BCUT2D eigenvalue weighted by Gasteiger charge is 2.22. The molecule has 11 nitrogen and oxygen atoms in total. The molecule has 16 heteroatoms. The third kappa shape index (κ3) is 10.7. The Morgan fingerprint density at radius 3 is 2.18 bits per heavy atom. The average molecular weight is 647 g/mol. The van der Waals surface area contributed by atoms with E-state index in [1.807, 2.05) is 32.0 Å². The highest BCUT2D eigenvalue weighted by atomic mass is 35.5. The number of rotatable bonds is 6. The number of imidazole rings is 1. The van der Waals surface area contributed by atoms with E-state index in [2.05, 4.69) is 19.8 Å². The van der Waals surface area contributed by atoms with Crippen molar-refractivity contribution in [1.82, 2.24) is 19.4 Å². The lowest BCUT2D eigenvalue weighted by molar-refractivity contribution is 0.224. The lowest BCUT2D eigenvalue weighted by atomic mass is 10.1. The molecule has 1 saturated heterocycles. The molecule has 3 heterocycles. The maximum absolute atomic E-state index is 10.4. The number of likely N-dealkylation sites (tertiary alicyclic amines) is 1. The van der Waals surface area contributed by atoms with E-state index in [4.69, 9.17) is 22.3 Å². The second kappa shape index (κ2) is 20.5. The molecule has 0 amide bonds. The van der Waals surface area contributed by atoms with E-state index in [-0.39, 0.29) is 77.3 Å². The molecule has 38 heavy (non-hydrogen) atoms. The van der Waals surface area contributed by atoms with E-state index >= 15 is 0 Å². The fraction of sp³-hybridized carbons (Fsp3) is 0.455. The first-order chi connectivity index (χ1) is 14.4. The van der Waals surface area contributed by atoms with E-state index < -0.39 is 0 Å². The van der Waals surface area contributed by atoms with Crippen LogP contribution in [0, 0.1) is 13.8 Å². The van der Waals surface area contributed by atoms with Gasteiger partial charge in [0.25, 0.3) is 0 Å². The average Bonchev–Trinajstić information content (AvgIpc) is 3.03. The lowest BCUT2D eigenvalue weighted by Gasteiger charge is -2.32. The number of fused-ring (bicyclic) bond motifs is 1. The number of nitrogens with one attached hydrogen (secondary N) is 1. The first-order valence-electron chi connectivity index (χ1n) is 10.5. The molecule has 1 aromatic carbocycles. The van der Waals surface area contributed by atoms with Gasteiger partial charge in [0.05, 0.1) is 17.6 Å². The molecule has 12 N–H and O–H groups in total. The highest BCUT2D eigenvalue weighted by Crippen LogP contribution is 2.30. The van der Waals surface area contributed by atoms with Gasteiger partial charge in [0, 0.05) is 42.9 Å². The minimum Gasteiger partial charge on any atom is -0.506 e. The van der Waals surface area contributed by atoms with Crippen LogP contribution in [0.5, 0.6) is 5.75 Å². The van der Waals surface area contributed by atoms with Crippen LogP contribution in [-0.2, 0) is 6.54 Å². The maximum atomic E-state index is 10.4. The minimum absolute atomic E-state index is 0. The smallest absolute Gasteiger partial charge is 0.204 e. The molecule has 0 saturated carbocycles. The summed E-state index contributed by atoms with van der Waals surface area (Å²) in [6.07, 6.45) is 2.08. The standard InChI is InChI=1S/C22H29ClN6O.4ClH.4H2O/c1-14-11-16(23)12-18-21(14)29(13-19-20(30)4-3-15(2)25-19)22(27-18)26-17-5-8-28(9-6-17)10-7-24;;;;;;;;/h3-4,11-12,17,30H,5-10,13,24H2,1-2H3,(H,26,27);4*1H;4*1H2. The van der Waals surface area contributed by atoms with Gasteiger partial charge in [0.2, 0.25) is 5.95 Å². The number of halogens is 5. The van der Waals surface area contributed by atoms with Gasteiger partial charge in [-0.2, -0.15) is 0 Å². The van der Waals surface area contributed by atoms with Crippen LogP contribution in [0.4, 0.5) is 5.95 Å². The predicted octanol–water partition coefficient (Wildman–Crippen LogP) is 1.68. The first kappa shape index (κ1) is 46.5. The Labute approximate surface area is 252 Å². The van der Waals surface area contributed by atoms with E-state index in [9.17, 15) is 5.11 Å². The van der Waals surface area contributed by atoms with Crippen molar-refractivity contribution in [2.45, 2.75) is 39.3 Å². The minimum atomic E-state index is 0. The van der Waals surface area contributed by atoms with Gasteiger partial charge in [0.1, 0.15) is 11.4 Å². The quantitative estimate of drug-likeness (QED) is 0.361. The van der Waals surface area contributed by atoms with Gasteiger partial charge in [0.15, 0.2) is 0 Å². The van der Waals surface area contributed by atoms with Crippen LogP contribution in [0.25, 0.3) is 11.0 Å². The van der Waals surface area contributed by atoms with Gasteiger partial charge in [-0.05, 0) is 56.5 Å². The normalized spacial score (nSPS) is 12.4. The third-order valence-electron chi connectivity index (χ3n) is 5.76. The van der Waals surface area contributed by atoms with Crippen molar-refractivity contribution in [2.24, 2.45) is 5.73 Å². The summed E-state index contributed by atoms with van der Waals surface area (Å²) in [7, 11) is 0. The molecule has 224 valence electrons. The van der Waals surface area contributed by atoms with Crippen LogP contribution in [0.1, 0.15) is 29.8 Å². The van der Waals surface area contributed by atoms with Gasteiger partial charge < -0.3 is 47.5 Å². The molecule has 0 aliphatic carbocycles. The van der Waals surface area contributed by atoms with Crippen molar-refractivity contribution in [2.75, 3.05) is 31.5 Å². The Morgan fingerprint density at radius 1 is 1.00 bits per heavy atom. The van der Waals surface area contributed by atoms with Crippen molar-refractivity contribution >= 4 is 78.2 Å². The second-order valence-corrected chi connectivity index (χ2v) is 8.52. The topological polar surface area (TPSA) is 218 Å². The molecule has 1 aliphatic rings. The zero-order valence-corrected chi connectivity index (χ0v) is 25.2. The number of nitrogens with two attached hydrogens (primary N) is 1. The molecule has 4 rings (SSSR count). The Balaban J connectivity index is -0.000000454. The van der Waals surface area contributed by atoms with E-state index in [0.29, 0.717) is 29.8 Å². The van der Waals surface area contributed by atoms with Gasteiger partial charge in [-0.25, -0.2) is 4.98 Å². The number of hydrogen-bond acceptors (Lipinski definition) is 6. The highest BCUT2D eigenvalue weighted by molar-refractivity contribution is 6.31. The summed E-state index contributed by atoms with van der Waals surface area (Å²) >= 11 is 6.29. The Morgan fingerprint density at radius 2 is 1.61 bits per heavy atom. The van der Waals surface area contributed by atoms with Crippen molar-refractivity contribution in [1.29, 1.82) is 0 Å². The second-order valence-electron chi connectivity index (χ2n) is 8.08. The van der Waals surface area contributed by atoms with Crippen molar-refractivity contribution in [3.8, 4) is 5.75 Å². The first-order valence-corrected chi connectivity index (χ1v) is 10.8. The summed E-state index contributed by atoms with van der Waals surface area (Å²) in [5.41, 5.74) is 10.1. The number of piperidine rings is 1. The summed E-state index contributed by atoms with van der Waals surface area (Å²) in [4.78, 5) is 11.8. The van der Waals surface area contributed by atoms with Gasteiger partial charge in [-0.3, -0.25) is 4.98 Å². The summed E-state index contributed by atoms with van der Waals surface area (Å²) < 4.78 is 2.11. The number of nitrogens with zero attached hydrogens (tertiary/aromatic N) is 4. The number of anilines is 1. The van der Waals surface area contributed by atoms with Crippen molar-refractivity contribution in [3.63, 3.8) is 0 Å². The zero-order chi connectivity index (χ0) is 21.3. The van der Waals surface area contributed by atoms with Crippen LogP contribution >= 0.6 is 61.2 Å². The third-order valence-corrected chi connectivity index (χ3v) is 5.98. The molecule has 0 bridgehead atoms. The van der Waals surface area contributed by atoms with Crippen LogP contribution in [0.15, 0.2) is 24.3 Å². The zero-order valence-electron chi connectivity index (χ0n) is 21.2. The molecule has 2 aromatic heterocycles. The van der Waals surface area contributed by atoms with E-state index in [0.717, 1.165) is 60.7 Å². The summed E-state index contributed by atoms with van der Waals surface area (Å²) in [5.74, 6) is 0.977. The van der Waals surface area contributed by atoms with Crippen LogP contribution < -0.4 is 11.1 Å². The molecular weight excluding hydrogens is 606 g/mol. The van der Waals surface area contributed by atoms with Crippen molar-refractivity contribution < 1.29 is 27.0 Å². The summed E-state index contributed by atoms with van der Waals surface area (Å²) in [5, 5.41) is 14.7. The number of aromatic hydroxyl groups is 1. The Kier molecular flexibility index (Phi) is 25.1. The number of aromatic nitrogens is 3. The Hall–Kier alpha value is -1.35. The number of aryl methyl sites for hydroxylation is 2. The van der Waals surface area contributed by atoms with Crippen LogP contribution in [-0.4, -0.2) is 78.7 Å². The van der Waals surface area contributed by atoms with Crippen molar-refractivity contribution in [3.05, 3.63) is 46.2 Å². The van der Waals surface area contributed by atoms with Crippen LogP contribution in [0.3, 0.4) is 0 Å². The number of pyridine rings is 1. The van der Waals surface area contributed by atoms with Gasteiger partial charge in [-0.15, -0.1) is 49.6 Å². The SMILES string of the molecule is Cc1ccc(O)c(Cn2c(NC3CCN(CCN)CC3)nc3cc(Cl)cc(C)c32)n1.Cl.Cl.Cl.Cl.O.O.O.O. The molecule has 1 fully saturated rings. The molecular formula is C22H41Cl5N6O5. The molecule has 0 radical (unpaired) electrons. The molecule has 0 unspecified atom stereocenters. The molecule has 0 spiro atoms. The maximum Gasteiger partial charge on any atom is 0.204 e. The Bertz CT molecular complexity index is 1070. The van der Waals surface area contributed by atoms with Gasteiger partial charge >= 0.3 is 0 Å². The van der Waals surface area contributed by atoms with Gasteiger partial charge in [-0.1, -0.05) is 11.6 Å². The van der Waals surface area contributed by atoms with E-state index in [1.54, 1.807) is 6.07 Å². The largest absolute Gasteiger partial charge is 0.506 e. The molecule has 1 aliphatic heterocycles. The van der Waals surface area contributed by atoms with Crippen LogP contribution in [0.2, 0.25) is 5.02 Å². The summed E-state index contributed by atoms with van der Waals surface area (Å²) in [6, 6.07) is 7.68.